The lowest BCUT2D eigenvalue weighted by Gasteiger charge is -2.26. The molecule has 1 aliphatic rings. The van der Waals surface area contributed by atoms with E-state index in [4.69, 9.17) is 9.84 Å². The normalized spacial score (nSPS) is 16.5. The Labute approximate surface area is 132 Å². The molecule has 1 unspecified atom stereocenters. The van der Waals surface area contributed by atoms with Crippen LogP contribution in [0.4, 0.5) is 0 Å². The fourth-order valence-corrected chi connectivity index (χ4v) is 3.37. The zero-order valence-corrected chi connectivity index (χ0v) is 13.5. The number of carboxylic acids is 1. The number of nitrogens with zero attached hydrogens (tertiary/aromatic N) is 1. The van der Waals surface area contributed by atoms with E-state index in [0.29, 0.717) is 35.7 Å². The molecule has 1 N–H and O–H groups in total. The Morgan fingerprint density at radius 3 is 2.62 bits per heavy atom. The first-order valence-corrected chi connectivity index (χ1v) is 8.37. The summed E-state index contributed by atoms with van der Waals surface area (Å²) >= 11 is 3.12. The second kappa shape index (κ2) is 7.15. The molecule has 1 aromatic rings. The maximum atomic E-state index is 12.2. The van der Waals surface area contributed by atoms with E-state index in [1.54, 1.807) is 11.0 Å². The molecule has 0 aromatic heterocycles. The summed E-state index contributed by atoms with van der Waals surface area (Å²) in [5.74, 6) is -1.47. The van der Waals surface area contributed by atoms with Crippen molar-refractivity contribution in [1.82, 2.24) is 4.90 Å². The van der Waals surface area contributed by atoms with Gasteiger partial charge in [-0.05, 0) is 34.1 Å². The van der Waals surface area contributed by atoms with Crippen molar-refractivity contribution in [2.75, 3.05) is 32.1 Å². The molecule has 1 amide bonds. The minimum Gasteiger partial charge on any atom is -0.478 e. The number of benzene rings is 1. The second-order valence-electron chi connectivity index (χ2n) is 4.43. The summed E-state index contributed by atoms with van der Waals surface area (Å²) in [5, 5.41) is 9.04. The molecule has 0 spiro atoms. The Balaban J connectivity index is 2.07. The molecule has 6 nitrogen and oxygen atoms in total. The molecule has 0 aliphatic carbocycles. The number of aromatic carboxylic acids is 1. The number of morpholine rings is 1. The van der Waals surface area contributed by atoms with Gasteiger partial charge in [-0.15, -0.1) is 0 Å². The minimum absolute atomic E-state index is 0.0275. The number of carbonyl (C=O) groups excluding carboxylic acids is 1. The number of hydrogen-bond donors (Lipinski definition) is 1. The first-order chi connectivity index (χ1) is 9.99. The van der Waals surface area contributed by atoms with Crippen molar-refractivity contribution >= 4 is 38.6 Å². The van der Waals surface area contributed by atoms with E-state index in [2.05, 4.69) is 15.9 Å². The Morgan fingerprint density at radius 1 is 1.33 bits per heavy atom. The molecule has 21 heavy (non-hydrogen) atoms. The molecule has 1 aromatic carbocycles. The Bertz CT molecular complexity index is 586. The number of carbonyl (C=O) groups is 2. The largest absolute Gasteiger partial charge is 0.478 e. The topological polar surface area (TPSA) is 83.9 Å². The zero-order valence-electron chi connectivity index (χ0n) is 11.1. The molecule has 1 atom stereocenters. The third-order valence-electron chi connectivity index (χ3n) is 3.05. The van der Waals surface area contributed by atoms with Crippen LogP contribution in [-0.4, -0.2) is 58.1 Å². The number of carboxylic acid groups (broad SMARTS) is 1. The minimum atomic E-state index is -1.57. The van der Waals surface area contributed by atoms with E-state index in [9.17, 15) is 13.8 Å². The smallest absolute Gasteiger partial charge is 0.336 e. The predicted molar refractivity (Wildman–Crippen MR) is 79.8 cm³/mol. The van der Waals surface area contributed by atoms with Gasteiger partial charge in [0.15, 0.2) is 0 Å². The Kier molecular flexibility index (Phi) is 5.49. The highest BCUT2D eigenvalue weighted by Crippen LogP contribution is 2.20. The van der Waals surface area contributed by atoms with Gasteiger partial charge in [0.05, 0.1) is 29.6 Å². The van der Waals surface area contributed by atoms with Gasteiger partial charge in [-0.1, -0.05) is 0 Å². The highest BCUT2D eigenvalue weighted by molar-refractivity contribution is 9.10. The van der Waals surface area contributed by atoms with Crippen LogP contribution in [0.25, 0.3) is 0 Å². The third kappa shape index (κ3) is 4.12. The van der Waals surface area contributed by atoms with E-state index < -0.39 is 16.8 Å². The van der Waals surface area contributed by atoms with Gasteiger partial charge in [0.1, 0.15) is 5.75 Å². The van der Waals surface area contributed by atoms with Crippen molar-refractivity contribution in [3.63, 3.8) is 0 Å². The first kappa shape index (κ1) is 16.1. The van der Waals surface area contributed by atoms with Gasteiger partial charge in [-0.25, -0.2) is 4.79 Å². The number of halogens is 1. The van der Waals surface area contributed by atoms with Gasteiger partial charge < -0.3 is 14.7 Å². The SMILES string of the molecule is O=C(O)c1cc(S(=O)CC(=O)N2CCOCC2)ccc1Br. The van der Waals surface area contributed by atoms with Crippen LogP contribution in [0.2, 0.25) is 0 Å². The summed E-state index contributed by atoms with van der Waals surface area (Å²) < 4.78 is 17.8. The van der Waals surface area contributed by atoms with Gasteiger partial charge in [0, 0.05) is 22.5 Å². The van der Waals surface area contributed by atoms with Crippen LogP contribution < -0.4 is 0 Å². The molecule has 0 radical (unpaired) electrons. The maximum absolute atomic E-state index is 12.2. The summed E-state index contributed by atoms with van der Waals surface area (Å²) in [4.78, 5) is 25.0. The lowest BCUT2D eigenvalue weighted by Crippen LogP contribution is -2.42. The number of rotatable bonds is 4. The number of ether oxygens (including phenoxy) is 1. The van der Waals surface area contributed by atoms with Gasteiger partial charge in [0.2, 0.25) is 5.91 Å². The molecular weight excluding hydrogens is 362 g/mol. The summed E-state index contributed by atoms with van der Waals surface area (Å²) in [7, 11) is -1.57. The monoisotopic (exact) mass is 375 g/mol. The predicted octanol–water partition coefficient (Wildman–Crippen LogP) is 1.11. The molecule has 114 valence electrons. The molecule has 8 heteroatoms. The van der Waals surface area contributed by atoms with Crippen molar-refractivity contribution in [3.05, 3.63) is 28.2 Å². The molecule has 0 bridgehead atoms. The van der Waals surface area contributed by atoms with Gasteiger partial charge in [-0.2, -0.15) is 0 Å². The van der Waals surface area contributed by atoms with Crippen molar-refractivity contribution < 1.29 is 23.6 Å². The second-order valence-corrected chi connectivity index (χ2v) is 6.74. The quantitative estimate of drug-likeness (QED) is 0.851. The van der Waals surface area contributed by atoms with E-state index in [1.807, 2.05) is 0 Å². The van der Waals surface area contributed by atoms with Crippen LogP contribution in [0.3, 0.4) is 0 Å². The van der Waals surface area contributed by atoms with Crippen LogP contribution in [0.15, 0.2) is 27.6 Å². The highest BCUT2D eigenvalue weighted by atomic mass is 79.9. The maximum Gasteiger partial charge on any atom is 0.336 e. The fourth-order valence-electron chi connectivity index (χ4n) is 1.91. The molecular formula is C13H14BrNO5S. The molecule has 1 aliphatic heterocycles. The highest BCUT2D eigenvalue weighted by Gasteiger charge is 2.20. The number of hydrogen-bond acceptors (Lipinski definition) is 4. The molecule has 1 heterocycles. The molecule has 1 saturated heterocycles. The summed E-state index contributed by atoms with van der Waals surface area (Å²) in [6.45, 7) is 1.97. The van der Waals surface area contributed by atoms with Crippen LogP contribution in [0, 0.1) is 0 Å². The lowest BCUT2D eigenvalue weighted by atomic mass is 10.2. The molecule has 2 rings (SSSR count). The molecule has 0 saturated carbocycles. The standard InChI is InChI=1S/C13H14BrNO5S/c14-11-2-1-9(7-10(11)13(17)18)21(19)8-12(16)15-3-5-20-6-4-15/h1-2,7H,3-6,8H2,(H,17,18). The summed E-state index contributed by atoms with van der Waals surface area (Å²) in [6.07, 6.45) is 0. The van der Waals surface area contributed by atoms with E-state index in [0.717, 1.165) is 0 Å². The first-order valence-electron chi connectivity index (χ1n) is 6.26. The number of amides is 1. The van der Waals surface area contributed by atoms with Gasteiger partial charge in [-0.3, -0.25) is 9.00 Å². The van der Waals surface area contributed by atoms with Crippen LogP contribution in [-0.2, 0) is 20.3 Å². The lowest BCUT2D eigenvalue weighted by molar-refractivity contribution is -0.132. The Morgan fingerprint density at radius 2 is 2.00 bits per heavy atom. The summed E-state index contributed by atoms with van der Waals surface area (Å²) in [5.41, 5.74) is 0.0275. The van der Waals surface area contributed by atoms with E-state index in [-0.39, 0.29) is 17.2 Å². The molecule has 1 fully saturated rings. The van der Waals surface area contributed by atoms with Crippen LogP contribution >= 0.6 is 15.9 Å². The van der Waals surface area contributed by atoms with Crippen molar-refractivity contribution in [2.24, 2.45) is 0 Å². The van der Waals surface area contributed by atoms with Gasteiger partial charge in [0.25, 0.3) is 0 Å². The van der Waals surface area contributed by atoms with Crippen molar-refractivity contribution in [1.29, 1.82) is 0 Å². The van der Waals surface area contributed by atoms with E-state index >= 15 is 0 Å². The van der Waals surface area contributed by atoms with Crippen LogP contribution in [0.1, 0.15) is 10.4 Å². The Hall–Kier alpha value is -1.25. The summed E-state index contributed by atoms with van der Waals surface area (Å²) in [6, 6.07) is 4.41. The van der Waals surface area contributed by atoms with E-state index in [1.165, 1.54) is 12.1 Å². The average molecular weight is 376 g/mol. The zero-order chi connectivity index (χ0) is 15.4. The fraction of sp³-hybridized carbons (Fsp3) is 0.385. The van der Waals surface area contributed by atoms with Crippen molar-refractivity contribution in [2.45, 2.75) is 4.90 Å². The van der Waals surface area contributed by atoms with Gasteiger partial charge >= 0.3 is 5.97 Å². The van der Waals surface area contributed by atoms with Crippen molar-refractivity contribution in [3.8, 4) is 0 Å². The third-order valence-corrected chi connectivity index (χ3v) is 5.03. The van der Waals surface area contributed by atoms with Crippen LogP contribution in [0.5, 0.6) is 0 Å². The average Bonchev–Trinajstić information content (AvgIpc) is 2.48.